The van der Waals surface area contributed by atoms with Gasteiger partial charge in [-0.25, -0.2) is 4.79 Å². The second kappa shape index (κ2) is 7.55. The van der Waals surface area contributed by atoms with Gasteiger partial charge in [-0.15, -0.1) is 0 Å². The van der Waals surface area contributed by atoms with Crippen LogP contribution in [0.1, 0.15) is 10.4 Å². The van der Waals surface area contributed by atoms with Crippen molar-refractivity contribution in [3.63, 3.8) is 0 Å². The van der Waals surface area contributed by atoms with Crippen LogP contribution in [0.25, 0.3) is 10.8 Å². The van der Waals surface area contributed by atoms with Crippen LogP contribution in [0.15, 0.2) is 70.9 Å². The molecule has 108 valence electrons. The number of carboxylic acids is 1. The topological polar surface area (TPSA) is 85.1 Å². The monoisotopic (exact) mass is 331 g/mol. The van der Waals surface area contributed by atoms with Crippen LogP contribution in [-0.4, -0.2) is 48.8 Å². The molecule has 0 aliphatic heterocycles. The van der Waals surface area contributed by atoms with Gasteiger partial charge in [-0.1, -0.05) is 48.2 Å². The van der Waals surface area contributed by atoms with E-state index in [0.29, 0.717) is 16.5 Å². The standard InChI is InChI=1S/C17H12N2O3.Ca/c20-16-14(17(21)22)10-11-6-4-5-9-13(11)15(16)19-18-12-7-2-1-3-8-12;/h1-10,20H,(H,21,22);/q;+2/p-1. The summed E-state index contributed by atoms with van der Waals surface area (Å²) >= 11 is 0. The molecule has 0 atom stereocenters. The van der Waals surface area contributed by atoms with Crippen molar-refractivity contribution in [2.75, 3.05) is 0 Å². The molecule has 0 unspecified atom stereocenters. The van der Waals surface area contributed by atoms with Gasteiger partial charge in [0.25, 0.3) is 0 Å². The van der Waals surface area contributed by atoms with Crippen LogP contribution in [0.5, 0.6) is 5.75 Å². The maximum atomic E-state index is 12.3. The molecule has 0 spiro atoms. The summed E-state index contributed by atoms with van der Waals surface area (Å²) in [5.74, 6) is -1.90. The van der Waals surface area contributed by atoms with E-state index in [-0.39, 0.29) is 49.0 Å². The Kier molecular flexibility index (Phi) is 5.71. The van der Waals surface area contributed by atoms with Gasteiger partial charge >= 0.3 is 43.7 Å². The first-order valence-corrected chi connectivity index (χ1v) is 6.59. The number of benzene rings is 3. The van der Waals surface area contributed by atoms with Crippen LogP contribution < -0.4 is 5.11 Å². The third-order valence-corrected chi connectivity index (χ3v) is 3.23. The van der Waals surface area contributed by atoms with Crippen molar-refractivity contribution < 1.29 is 15.0 Å². The van der Waals surface area contributed by atoms with Crippen molar-refractivity contribution in [2.45, 2.75) is 0 Å². The van der Waals surface area contributed by atoms with Gasteiger partial charge in [0.1, 0.15) is 0 Å². The number of rotatable bonds is 3. The average Bonchev–Trinajstić information content (AvgIpc) is 2.54. The fourth-order valence-corrected chi connectivity index (χ4v) is 2.17. The molecule has 0 radical (unpaired) electrons. The molecular weight excluding hydrogens is 320 g/mol. The quantitative estimate of drug-likeness (QED) is 0.587. The van der Waals surface area contributed by atoms with Crippen LogP contribution in [-0.2, 0) is 0 Å². The van der Waals surface area contributed by atoms with Crippen molar-refractivity contribution in [2.24, 2.45) is 10.2 Å². The molecule has 1 N–H and O–H groups in total. The Morgan fingerprint density at radius 2 is 1.61 bits per heavy atom. The molecule has 23 heavy (non-hydrogen) atoms. The number of azo groups is 1. The van der Waals surface area contributed by atoms with E-state index in [1.807, 2.05) is 6.07 Å². The molecule has 3 aromatic carbocycles. The predicted molar refractivity (Wildman–Crippen MR) is 86.7 cm³/mol. The Hall–Kier alpha value is -1.95. The van der Waals surface area contributed by atoms with Crippen LogP contribution in [0, 0.1) is 0 Å². The summed E-state index contributed by atoms with van der Waals surface area (Å²) < 4.78 is 0. The second-order valence-electron chi connectivity index (χ2n) is 4.66. The molecule has 0 amide bonds. The molecule has 0 aliphatic carbocycles. The van der Waals surface area contributed by atoms with Crippen LogP contribution >= 0.6 is 0 Å². The summed E-state index contributed by atoms with van der Waals surface area (Å²) in [4.78, 5) is 11.2. The molecule has 0 saturated carbocycles. The van der Waals surface area contributed by atoms with Gasteiger partial charge in [0, 0.05) is 5.39 Å². The van der Waals surface area contributed by atoms with E-state index in [9.17, 15) is 9.90 Å². The third kappa shape index (κ3) is 3.69. The Balaban J connectivity index is 0.00000192. The summed E-state index contributed by atoms with van der Waals surface area (Å²) in [7, 11) is 0. The molecule has 6 heteroatoms. The fraction of sp³-hybridized carbons (Fsp3) is 0. The smallest absolute Gasteiger partial charge is 0.870 e. The average molecular weight is 331 g/mol. The van der Waals surface area contributed by atoms with E-state index in [2.05, 4.69) is 10.2 Å². The zero-order chi connectivity index (χ0) is 15.5. The van der Waals surface area contributed by atoms with Crippen LogP contribution in [0.2, 0.25) is 0 Å². The van der Waals surface area contributed by atoms with Crippen molar-refractivity contribution in [3.05, 3.63) is 66.2 Å². The molecule has 0 fully saturated rings. The SMILES string of the molecule is O=C(O)c1cc2ccccc2c(N=Nc2ccccc2)c1[O-].[Ca+2]. The molecular formula is C17H11CaN2O3+. The van der Waals surface area contributed by atoms with Crippen molar-refractivity contribution in [1.29, 1.82) is 0 Å². The van der Waals surface area contributed by atoms with E-state index in [4.69, 9.17) is 5.11 Å². The number of hydrogen-bond donors (Lipinski definition) is 1. The van der Waals surface area contributed by atoms with Gasteiger partial charge in [0.2, 0.25) is 0 Å². The van der Waals surface area contributed by atoms with Crippen molar-refractivity contribution in [3.8, 4) is 5.75 Å². The number of aromatic carboxylic acids is 1. The van der Waals surface area contributed by atoms with Crippen molar-refractivity contribution >= 4 is 65.9 Å². The minimum absolute atomic E-state index is 0. The van der Waals surface area contributed by atoms with Gasteiger partial charge in [-0.3, -0.25) is 0 Å². The number of hydrogen-bond acceptors (Lipinski definition) is 4. The Labute approximate surface area is 162 Å². The van der Waals surface area contributed by atoms with Crippen molar-refractivity contribution in [1.82, 2.24) is 0 Å². The molecule has 3 aromatic rings. The zero-order valence-electron chi connectivity index (χ0n) is 12.1. The van der Waals surface area contributed by atoms with Crippen LogP contribution in [0.4, 0.5) is 11.4 Å². The Bertz CT molecular complexity index is 880. The summed E-state index contributed by atoms with van der Waals surface area (Å²) in [6.45, 7) is 0. The maximum Gasteiger partial charge on any atom is 2.00 e. The van der Waals surface area contributed by atoms with Crippen LogP contribution in [0.3, 0.4) is 0 Å². The van der Waals surface area contributed by atoms with E-state index in [0.717, 1.165) is 0 Å². The first-order chi connectivity index (χ1) is 10.7. The van der Waals surface area contributed by atoms with Gasteiger partial charge in [-0.2, -0.15) is 10.2 Å². The molecule has 0 aliphatic rings. The third-order valence-electron chi connectivity index (χ3n) is 3.23. The molecule has 0 heterocycles. The summed E-state index contributed by atoms with van der Waals surface area (Å²) in [6, 6.07) is 17.3. The van der Waals surface area contributed by atoms with E-state index in [1.54, 1.807) is 48.5 Å². The van der Waals surface area contributed by atoms with Gasteiger partial charge in [-0.05, 0) is 23.6 Å². The summed E-state index contributed by atoms with van der Waals surface area (Å²) in [5, 5.41) is 30.7. The number of carbonyl (C=O) groups is 1. The minimum atomic E-state index is -1.27. The number of fused-ring (bicyclic) bond motifs is 1. The summed E-state index contributed by atoms with van der Waals surface area (Å²) in [5.41, 5.74) is 0.326. The predicted octanol–water partition coefficient (Wildman–Crippen LogP) is 3.65. The number of nitrogens with zero attached hydrogens (tertiary/aromatic N) is 2. The molecule has 0 saturated heterocycles. The minimum Gasteiger partial charge on any atom is -0.870 e. The van der Waals surface area contributed by atoms with E-state index >= 15 is 0 Å². The zero-order valence-corrected chi connectivity index (χ0v) is 14.3. The van der Waals surface area contributed by atoms with E-state index < -0.39 is 11.7 Å². The first kappa shape index (κ1) is 17.4. The maximum absolute atomic E-state index is 12.3. The largest absolute Gasteiger partial charge is 2.00 e. The Morgan fingerprint density at radius 3 is 2.30 bits per heavy atom. The molecule has 3 rings (SSSR count). The number of carboxylic acid groups (broad SMARTS) is 1. The van der Waals surface area contributed by atoms with Gasteiger partial charge in [0.15, 0.2) is 0 Å². The van der Waals surface area contributed by atoms with E-state index in [1.165, 1.54) is 6.07 Å². The molecule has 0 bridgehead atoms. The molecule has 5 nitrogen and oxygen atoms in total. The normalized spacial score (nSPS) is 10.6. The fourth-order valence-electron chi connectivity index (χ4n) is 2.17. The van der Waals surface area contributed by atoms with Gasteiger partial charge in [0.05, 0.1) is 16.9 Å². The second-order valence-corrected chi connectivity index (χ2v) is 4.66. The van der Waals surface area contributed by atoms with Gasteiger partial charge < -0.3 is 10.2 Å². The first-order valence-electron chi connectivity index (χ1n) is 6.59. The Morgan fingerprint density at radius 1 is 0.957 bits per heavy atom. The summed E-state index contributed by atoms with van der Waals surface area (Å²) in [6.07, 6.45) is 0. The molecule has 0 aromatic heterocycles.